The van der Waals surface area contributed by atoms with E-state index in [0.29, 0.717) is 0 Å². The SMILES string of the molecule is CC(C)(C)c1ccno1.CC(C)(C)n1cccn1. The molecule has 2 rings (SSSR count). The highest BCUT2D eigenvalue weighted by atomic mass is 16.5. The van der Waals surface area contributed by atoms with Gasteiger partial charge in [0.2, 0.25) is 0 Å². The summed E-state index contributed by atoms with van der Waals surface area (Å²) < 4.78 is 6.89. The van der Waals surface area contributed by atoms with Crippen LogP contribution in [0.1, 0.15) is 47.3 Å². The maximum Gasteiger partial charge on any atom is 0.142 e. The van der Waals surface area contributed by atoms with Crippen LogP contribution in [0.5, 0.6) is 0 Å². The van der Waals surface area contributed by atoms with Crippen LogP contribution in [0.4, 0.5) is 0 Å². The van der Waals surface area contributed by atoms with Crippen molar-refractivity contribution in [2.75, 3.05) is 0 Å². The molecule has 0 aliphatic heterocycles. The lowest BCUT2D eigenvalue weighted by atomic mass is 9.94. The van der Waals surface area contributed by atoms with Gasteiger partial charge in [0, 0.05) is 23.9 Å². The maximum atomic E-state index is 4.95. The second kappa shape index (κ2) is 5.38. The Morgan fingerprint density at radius 1 is 1.06 bits per heavy atom. The number of rotatable bonds is 0. The topological polar surface area (TPSA) is 43.9 Å². The third-order valence-electron chi connectivity index (χ3n) is 2.37. The summed E-state index contributed by atoms with van der Waals surface area (Å²) in [6, 6.07) is 3.82. The molecule has 0 aliphatic rings. The fourth-order valence-electron chi connectivity index (χ4n) is 1.27. The van der Waals surface area contributed by atoms with Gasteiger partial charge in [0.05, 0.1) is 11.7 Å². The van der Waals surface area contributed by atoms with E-state index in [0.717, 1.165) is 5.76 Å². The van der Waals surface area contributed by atoms with E-state index in [9.17, 15) is 0 Å². The summed E-state index contributed by atoms with van der Waals surface area (Å²) in [7, 11) is 0. The van der Waals surface area contributed by atoms with Crippen molar-refractivity contribution in [1.29, 1.82) is 0 Å². The molecule has 0 saturated carbocycles. The molecule has 0 saturated heterocycles. The maximum absolute atomic E-state index is 4.95. The molecule has 0 fully saturated rings. The predicted octanol–water partition coefficient (Wildman–Crippen LogP) is 3.61. The molecule has 0 amide bonds. The molecular weight excluding hydrogens is 226 g/mol. The lowest BCUT2D eigenvalue weighted by molar-refractivity contribution is 0.329. The highest BCUT2D eigenvalue weighted by molar-refractivity contribution is 5.05. The molecule has 0 bridgehead atoms. The molecular formula is C14H23N3O. The summed E-state index contributed by atoms with van der Waals surface area (Å²) in [5.41, 5.74) is 0.222. The van der Waals surface area contributed by atoms with E-state index < -0.39 is 0 Å². The molecule has 100 valence electrons. The molecule has 2 aromatic rings. The molecule has 2 aromatic heterocycles. The zero-order valence-corrected chi connectivity index (χ0v) is 12.1. The molecule has 0 radical (unpaired) electrons. The van der Waals surface area contributed by atoms with Gasteiger partial charge in [0.15, 0.2) is 0 Å². The van der Waals surface area contributed by atoms with Crippen LogP contribution >= 0.6 is 0 Å². The molecule has 2 heterocycles. The van der Waals surface area contributed by atoms with Gasteiger partial charge < -0.3 is 4.52 Å². The van der Waals surface area contributed by atoms with Crippen molar-refractivity contribution >= 4 is 0 Å². The smallest absolute Gasteiger partial charge is 0.142 e. The van der Waals surface area contributed by atoms with Crippen molar-refractivity contribution in [2.45, 2.75) is 52.5 Å². The first kappa shape index (κ1) is 14.5. The van der Waals surface area contributed by atoms with Crippen LogP contribution in [0.15, 0.2) is 35.2 Å². The zero-order chi connectivity index (χ0) is 13.8. The molecule has 0 atom stereocenters. The van der Waals surface area contributed by atoms with Gasteiger partial charge in [-0.25, -0.2) is 0 Å². The first-order chi connectivity index (χ1) is 8.21. The lowest BCUT2D eigenvalue weighted by Crippen LogP contribution is -2.21. The van der Waals surface area contributed by atoms with Gasteiger partial charge in [-0.1, -0.05) is 25.9 Å². The standard InChI is InChI=1S/C7H12N2.C7H11NO/c1-7(2,3)9-6-4-5-8-9;1-7(2,3)6-4-5-8-9-6/h4-6H,1-3H3;4-5H,1-3H3. The Labute approximate surface area is 109 Å². The van der Waals surface area contributed by atoms with Gasteiger partial charge in [-0.15, -0.1) is 0 Å². The normalized spacial score (nSPS) is 11.9. The summed E-state index contributed by atoms with van der Waals surface area (Å²) in [5.74, 6) is 0.933. The Kier molecular flexibility index (Phi) is 4.33. The molecule has 0 aliphatic carbocycles. The minimum absolute atomic E-state index is 0.0938. The molecule has 0 N–H and O–H groups in total. The van der Waals surface area contributed by atoms with Crippen LogP contribution in [-0.2, 0) is 11.0 Å². The van der Waals surface area contributed by atoms with Crippen molar-refractivity contribution in [2.24, 2.45) is 0 Å². The average Bonchev–Trinajstić information content (AvgIpc) is 2.91. The minimum atomic E-state index is 0.0938. The van der Waals surface area contributed by atoms with E-state index in [1.807, 2.05) is 23.0 Å². The fourth-order valence-corrected chi connectivity index (χ4v) is 1.27. The van der Waals surface area contributed by atoms with Crippen LogP contribution in [0.3, 0.4) is 0 Å². The van der Waals surface area contributed by atoms with Gasteiger partial charge in [-0.05, 0) is 26.8 Å². The van der Waals surface area contributed by atoms with Crippen molar-refractivity contribution in [3.8, 4) is 0 Å². The largest absolute Gasteiger partial charge is 0.361 e. The molecule has 0 spiro atoms. The third-order valence-corrected chi connectivity index (χ3v) is 2.37. The van der Waals surface area contributed by atoms with Gasteiger partial charge in [0.25, 0.3) is 0 Å². The second-order valence-corrected chi connectivity index (χ2v) is 6.25. The van der Waals surface area contributed by atoms with Crippen molar-refractivity contribution in [3.05, 3.63) is 36.5 Å². The van der Waals surface area contributed by atoms with Gasteiger partial charge in [-0.2, -0.15) is 5.10 Å². The van der Waals surface area contributed by atoms with E-state index in [2.05, 4.69) is 51.8 Å². The van der Waals surface area contributed by atoms with Crippen molar-refractivity contribution in [3.63, 3.8) is 0 Å². The summed E-state index contributed by atoms with van der Waals surface area (Å²) >= 11 is 0. The fraction of sp³-hybridized carbons (Fsp3) is 0.571. The Bertz CT molecular complexity index is 386. The predicted molar refractivity (Wildman–Crippen MR) is 72.4 cm³/mol. The Morgan fingerprint density at radius 2 is 1.72 bits per heavy atom. The van der Waals surface area contributed by atoms with Gasteiger partial charge in [-0.3, -0.25) is 4.68 Å². The monoisotopic (exact) mass is 249 g/mol. The van der Waals surface area contributed by atoms with Crippen LogP contribution in [0.25, 0.3) is 0 Å². The van der Waals surface area contributed by atoms with Crippen LogP contribution in [0, 0.1) is 0 Å². The van der Waals surface area contributed by atoms with Crippen LogP contribution in [-0.4, -0.2) is 14.9 Å². The van der Waals surface area contributed by atoms with E-state index in [1.54, 1.807) is 12.4 Å². The van der Waals surface area contributed by atoms with E-state index >= 15 is 0 Å². The molecule has 4 heteroatoms. The van der Waals surface area contributed by atoms with Crippen molar-refractivity contribution < 1.29 is 4.52 Å². The average molecular weight is 249 g/mol. The number of hydrogen-bond acceptors (Lipinski definition) is 3. The molecule has 0 aromatic carbocycles. The van der Waals surface area contributed by atoms with E-state index in [1.165, 1.54) is 0 Å². The second-order valence-electron chi connectivity index (χ2n) is 6.25. The van der Waals surface area contributed by atoms with Gasteiger partial charge in [0.1, 0.15) is 5.76 Å². The Morgan fingerprint density at radius 3 is 1.94 bits per heavy atom. The molecule has 4 nitrogen and oxygen atoms in total. The quantitative estimate of drug-likeness (QED) is 0.716. The highest BCUT2D eigenvalue weighted by Crippen LogP contribution is 2.20. The van der Waals surface area contributed by atoms with E-state index in [4.69, 9.17) is 4.52 Å². The third kappa shape index (κ3) is 4.35. The lowest BCUT2D eigenvalue weighted by Gasteiger charge is -2.18. The first-order valence-electron chi connectivity index (χ1n) is 6.12. The minimum Gasteiger partial charge on any atom is -0.361 e. The van der Waals surface area contributed by atoms with Crippen molar-refractivity contribution in [1.82, 2.24) is 14.9 Å². The molecule has 18 heavy (non-hydrogen) atoms. The van der Waals surface area contributed by atoms with E-state index in [-0.39, 0.29) is 11.0 Å². The number of nitrogens with zero attached hydrogens (tertiary/aromatic N) is 3. The van der Waals surface area contributed by atoms with Gasteiger partial charge >= 0.3 is 0 Å². The highest BCUT2D eigenvalue weighted by Gasteiger charge is 2.16. The van der Waals surface area contributed by atoms with Crippen LogP contribution in [0.2, 0.25) is 0 Å². The summed E-state index contributed by atoms with van der Waals surface area (Å²) in [4.78, 5) is 0. The Hall–Kier alpha value is -1.58. The zero-order valence-electron chi connectivity index (χ0n) is 12.1. The summed E-state index contributed by atoms with van der Waals surface area (Å²) in [6.07, 6.45) is 5.44. The van der Waals surface area contributed by atoms with Crippen LogP contribution < -0.4 is 0 Å². The molecule has 0 unspecified atom stereocenters. The summed E-state index contributed by atoms with van der Waals surface area (Å²) in [6.45, 7) is 12.6. The number of hydrogen-bond donors (Lipinski definition) is 0. The summed E-state index contributed by atoms with van der Waals surface area (Å²) in [5, 5.41) is 7.72. The Balaban J connectivity index is 0.000000180. The number of aromatic nitrogens is 3. The first-order valence-corrected chi connectivity index (χ1v) is 6.12.